The zero-order chi connectivity index (χ0) is 10.0. The van der Waals surface area contributed by atoms with Crippen molar-refractivity contribution in [1.82, 2.24) is 4.90 Å². The van der Waals surface area contributed by atoms with Gasteiger partial charge in [0, 0.05) is 20.2 Å². The Kier molecular flexibility index (Phi) is 2.77. The predicted molar refractivity (Wildman–Crippen MR) is 54.0 cm³/mol. The Morgan fingerprint density at radius 2 is 1.93 bits per heavy atom. The number of rotatable bonds is 3. The summed E-state index contributed by atoms with van der Waals surface area (Å²) in [6.07, 6.45) is 6.27. The van der Waals surface area contributed by atoms with E-state index in [9.17, 15) is 4.79 Å². The molecule has 2 rings (SSSR count). The predicted octanol–water partition coefficient (Wildman–Crippen LogP) is 1.57. The zero-order valence-electron chi connectivity index (χ0n) is 8.92. The Morgan fingerprint density at radius 1 is 1.29 bits per heavy atom. The highest BCUT2D eigenvalue weighted by Crippen LogP contribution is 2.38. The molecule has 80 valence electrons. The first-order valence-corrected chi connectivity index (χ1v) is 5.59. The van der Waals surface area contributed by atoms with E-state index in [0.29, 0.717) is 12.3 Å². The molecule has 0 aromatic carbocycles. The fourth-order valence-corrected chi connectivity index (χ4v) is 2.38. The third-order valence-electron chi connectivity index (χ3n) is 3.63. The molecule has 1 saturated carbocycles. The van der Waals surface area contributed by atoms with E-state index in [1.165, 1.54) is 19.3 Å². The number of nitrogens with zero attached hydrogens (tertiary/aromatic N) is 1. The van der Waals surface area contributed by atoms with Gasteiger partial charge in [-0.15, -0.1) is 0 Å². The molecule has 2 fully saturated rings. The molecule has 3 heteroatoms. The van der Waals surface area contributed by atoms with Crippen molar-refractivity contribution in [3.05, 3.63) is 0 Å². The molecule has 0 unspecified atom stereocenters. The van der Waals surface area contributed by atoms with Gasteiger partial charge in [-0.3, -0.25) is 4.79 Å². The van der Waals surface area contributed by atoms with Gasteiger partial charge in [0.25, 0.3) is 0 Å². The van der Waals surface area contributed by atoms with Gasteiger partial charge in [0.05, 0.1) is 12.0 Å². The lowest BCUT2D eigenvalue weighted by molar-refractivity contribution is -0.143. The molecule has 1 heterocycles. The molecule has 3 nitrogen and oxygen atoms in total. The number of likely N-dealkylation sites (tertiary alicyclic amines) is 1. The summed E-state index contributed by atoms with van der Waals surface area (Å²) < 4.78 is 5.46. The lowest BCUT2D eigenvalue weighted by atomic mass is 9.77. The van der Waals surface area contributed by atoms with Gasteiger partial charge in [-0.2, -0.15) is 0 Å². The summed E-state index contributed by atoms with van der Waals surface area (Å²) in [5.41, 5.74) is -0.0975. The topological polar surface area (TPSA) is 29.5 Å². The number of carbonyl (C=O) groups excluding carboxylic acids is 1. The standard InChI is InChI=1S/C11H19NO2/c1-14-11(5-4-6-11)9-10(13)12-7-2-3-8-12/h2-9H2,1H3. The summed E-state index contributed by atoms with van der Waals surface area (Å²) >= 11 is 0. The van der Waals surface area contributed by atoms with Crippen LogP contribution in [0.4, 0.5) is 0 Å². The highest BCUT2D eigenvalue weighted by atomic mass is 16.5. The van der Waals surface area contributed by atoms with Crippen molar-refractivity contribution >= 4 is 5.91 Å². The van der Waals surface area contributed by atoms with Crippen LogP contribution in [0.25, 0.3) is 0 Å². The average Bonchev–Trinajstić information content (AvgIpc) is 2.63. The lowest BCUT2D eigenvalue weighted by Gasteiger charge is -2.40. The van der Waals surface area contributed by atoms with E-state index in [4.69, 9.17) is 4.74 Å². The summed E-state index contributed by atoms with van der Waals surface area (Å²) in [6, 6.07) is 0. The average molecular weight is 197 g/mol. The van der Waals surface area contributed by atoms with Crippen LogP contribution in [0, 0.1) is 0 Å². The van der Waals surface area contributed by atoms with Crippen LogP contribution < -0.4 is 0 Å². The van der Waals surface area contributed by atoms with Crippen LogP contribution in [0.5, 0.6) is 0 Å². The maximum absolute atomic E-state index is 11.9. The van der Waals surface area contributed by atoms with Gasteiger partial charge in [-0.1, -0.05) is 0 Å². The number of ether oxygens (including phenoxy) is 1. The highest BCUT2D eigenvalue weighted by Gasteiger charge is 2.40. The third kappa shape index (κ3) is 1.78. The first-order chi connectivity index (χ1) is 6.76. The number of amides is 1. The number of methoxy groups -OCH3 is 1. The molecule has 0 bridgehead atoms. The quantitative estimate of drug-likeness (QED) is 0.687. The minimum Gasteiger partial charge on any atom is -0.378 e. The van der Waals surface area contributed by atoms with E-state index in [1.807, 2.05) is 4.90 Å². The zero-order valence-corrected chi connectivity index (χ0v) is 8.92. The maximum atomic E-state index is 11.9. The van der Waals surface area contributed by atoms with E-state index in [2.05, 4.69) is 0 Å². The van der Waals surface area contributed by atoms with E-state index in [-0.39, 0.29) is 5.60 Å². The van der Waals surface area contributed by atoms with Crippen molar-refractivity contribution in [2.24, 2.45) is 0 Å². The number of carbonyl (C=O) groups is 1. The van der Waals surface area contributed by atoms with E-state index in [1.54, 1.807) is 7.11 Å². The van der Waals surface area contributed by atoms with Crippen molar-refractivity contribution in [1.29, 1.82) is 0 Å². The van der Waals surface area contributed by atoms with Gasteiger partial charge >= 0.3 is 0 Å². The Hall–Kier alpha value is -0.570. The minimum absolute atomic E-state index is 0.0975. The largest absolute Gasteiger partial charge is 0.378 e. The molecule has 0 aromatic rings. The maximum Gasteiger partial charge on any atom is 0.225 e. The van der Waals surface area contributed by atoms with Crippen LogP contribution in [0.15, 0.2) is 0 Å². The van der Waals surface area contributed by atoms with Crippen molar-refractivity contribution in [2.45, 2.75) is 44.1 Å². The molecular formula is C11H19NO2. The Morgan fingerprint density at radius 3 is 2.36 bits per heavy atom. The SMILES string of the molecule is COC1(CC(=O)N2CCCC2)CCC1. The molecule has 0 spiro atoms. The summed E-state index contributed by atoms with van der Waals surface area (Å²) in [6.45, 7) is 1.91. The van der Waals surface area contributed by atoms with Crippen LogP contribution >= 0.6 is 0 Å². The van der Waals surface area contributed by atoms with Gasteiger partial charge in [0.2, 0.25) is 5.91 Å². The minimum atomic E-state index is -0.0975. The molecule has 0 aromatic heterocycles. The fourth-order valence-electron chi connectivity index (χ4n) is 2.38. The summed E-state index contributed by atoms with van der Waals surface area (Å²) in [7, 11) is 1.73. The van der Waals surface area contributed by atoms with E-state index < -0.39 is 0 Å². The molecule has 14 heavy (non-hydrogen) atoms. The Labute approximate surface area is 85.4 Å². The second-order valence-corrected chi connectivity index (χ2v) is 4.51. The van der Waals surface area contributed by atoms with Gasteiger partial charge in [0.1, 0.15) is 0 Å². The van der Waals surface area contributed by atoms with Crippen LogP contribution in [0.2, 0.25) is 0 Å². The molecule has 1 aliphatic carbocycles. The first-order valence-electron chi connectivity index (χ1n) is 5.59. The molecule has 1 amide bonds. The monoisotopic (exact) mass is 197 g/mol. The van der Waals surface area contributed by atoms with Crippen molar-refractivity contribution in [2.75, 3.05) is 20.2 Å². The summed E-state index contributed by atoms with van der Waals surface area (Å²) in [4.78, 5) is 13.8. The molecule has 0 N–H and O–H groups in total. The van der Waals surface area contributed by atoms with Gasteiger partial charge in [-0.25, -0.2) is 0 Å². The number of hydrogen-bond acceptors (Lipinski definition) is 2. The van der Waals surface area contributed by atoms with Crippen molar-refractivity contribution in [3.63, 3.8) is 0 Å². The van der Waals surface area contributed by atoms with Crippen LogP contribution in [0.1, 0.15) is 38.5 Å². The highest BCUT2D eigenvalue weighted by molar-refractivity contribution is 5.77. The fraction of sp³-hybridized carbons (Fsp3) is 0.909. The molecule has 0 atom stereocenters. The van der Waals surface area contributed by atoms with Crippen LogP contribution in [0.3, 0.4) is 0 Å². The second kappa shape index (κ2) is 3.89. The smallest absolute Gasteiger partial charge is 0.225 e. The summed E-state index contributed by atoms with van der Waals surface area (Å²) in [5.74, 6) is 0.295. The van der Waals surface area contributed by atoms with E-state index >= 15 is 0 Å². The van der Waals surface area contributed by atoms with Crippen LogP contribution in [-0.2, 0) is 9.53 Å². The van der Waals surface area contributed by atoms with E-state index in [0.717, 1.165) is 25.9 Å². The molecule has 1 saturated heterocycles. The van der Waals surface area contributed by atoms with Gasteiger partial charge in [0.15, 0.2) is 0 Å². The van der Waals surface area contributed by atoms with Gasteiger partial charge < -0.3 is 9.64 Å². The second-order valence-electron chi connectivity index (χ2n) is 4.51. The molecule has 1 aliphatic heterocycles. The van der Waals surface area contributed by atoms with Gasteiger partial charge in [-0.05, 0) is 32.1 Å². The number of hydrogen-bond donors (Lipinski definition) is 0. The molecular weight excluding hydrogens is 178 g/mol. The first kappa shape index (κ1) is 9.97. The summed E-state index contributed by atoms with van der Waals surface area (Å²) in [5, 5.41) is 0. The molecule has 2 aliphatic rings. The van der Waals surface area contributed by atoms with Crippen LogP contribution in [-0.4, -0.2) is 36.6 Å². The van der Waals surface area contributed by atoms with Crippen molar-refractivity contribution < 1.29 is 9.53 Å². The van der Waals surface area contributed by atoms with Crippen molar-refractivity contribution in [3.8, 4) is 0 Å². The third-order valence-corrected chi connectivity index (χ3v) is 3.63. The molecule has 0 radical (unpaired) electrons. The normalized spacial score (nSPS) is 24.8. The Bertz CT molecular complexity index is 212. The lowest BCUT2D eigenvalue weighted by Crippen LogP contribution is -2.44. The Balaban J connectivity index is 1.86.